The second-order valence-electron chi connectivity index (χ2n) is 7.89. The van der Waals surface area contributed by atoms with Crippen LogP contribution < -0.4 is 16.2 Å². The van der Waals surface area contributed by atoms with E-state index < -0.39 is 32.3 Å². The highest BCUT2D eigenvalue weighted by atomic mass is 32.2. The number of sulfonamides is 1. The molecule has 5 atom stereocenters. The minimum atomic E-state index is -3.66. The van der Waals surface area contributed by atoms with E-state index >= 15 is 0 Å². The smallest absolute Gasteiger partial charge is 0.237 e. The number of nitrogens with one attached hydrogen (secondary N) is 1. The van der Waals surface area contributed by atoms with Crippen molar-refractivity contribution < 1.29 is 17.4 Å². The maximum absolute atomic E-state index is 12.4. The fraction of sp³-hybridized carbons (Fsp3) is 0.933. The van der Waals surface area contributed by atoms with Crippen LogP contribution in [0.4, 0.5) is 0 Å². The van der Waals surface area contributed by atoms with Gasteiger partial charge in [0.25, 0.3) is 0 Å². The first kappa shape index (κ1) is 19.8. The molecule has 2 aliphatic carbocycles. The Morgan fingerprint density at radius 2 is 2.04 bits per heavy atom. The molecule has 0 saturated heterocycles. The Morgan fingerprint density at radius 1 is 1.42 bits per heavy atom. The van der Waals surface area contributed by atoms with Crippen molar-refractivity contribution in [2.45, 2.75) is 51.6 Å². The van der Waals surface area contributed by atoms with Gasteiger partial charge in [-0.2, -0.15) is 0 Å². The summed E-state index contributed by atoms with van der Waals surface area (Å²) >= 11 is 0. The molecular weight excluding hydrogens is 350 g/mol. The lowest BCUT2D eigenvalue weighted by Crippen LogP contribution is -2.55. The molecule has 9 heteroatoms. The number of hydrogen-bond acceptors (Lipinski definition) is 5. The quantitative estimate of drug-likeness (QED) is 0.558. The van der Waals surface area contributed by atoms with Crippen LogP contribution in [0.2, 0.25) is 0 Å². The summed E-state index contributed by atoms with van der Waals surface area (Å²) in [6.45, 7) is 4.14. The van der Waals surface area contributed by atoms with Crippen LogP contribution in [-0.4, -0.2) is 48.4 Å². The lowest BCUT2D eigenvalue weighted by Gasteiger charge is -2.42. The predicted molar refractivity (Wildman–Crippen MR) is 95.0 cm³/mol. The van der Waals surface area contributed by atoms with E-state index in [2.05, 4.69) is 19.2 Å². The van der Waals surface area contributed by atoms with Crippen molar-refractivity contribution in [1.29, 1.82) is 0 Å². The molecule has 0 aromatic carbocycles. The van der Waals surface area contributed by atoms with E-state index in [0.717, 1.165) is 19.3 Å². The molecule has 24 heavy (non-hydrogen) atoms. The largest absolute Gasteiger partial charge is 0.351 e. The number of fused-ring (bicyclic) bond motifs is 2. The first-order chi connectivity index (χ1) is 10.9. The van der Waals surface area contributed by atoms with Gasteiger partial charge in [0.1, 0.15) is 0 Å². The molecule has 2 rings (SSSR count). The molecule has 0 aromatic heterocycles. The Labute approximate surface area is 146 Å². The highest BCUT2D eigenvalue weighted by Crippen LogP contribution is 2.65. The molecule has 1 amide bonds. The number of hydrogen-bond donors (Lipinski definition) is 3. The Bertz CT molecular complexity index is 635. The molecule has 2 bridgehead atoms. The van der Waals surface area contributed by atoms with Crippen LogP contribution >= 0.6 is 0 Å². The van der Waals surface area contributed by atoms with Gasteiger partial charge in [0.15, 0.2) is 0 Å². The van der Waals surface area contributed by atoms with Gasteiger partial charge in [0.05, 0.1) is 11.8 Å². The summed E-state index contributed by atoms with van der Waals surface area (Å²) in [5, 5.41) is 8.32. The summed E-state index contributed by atoms with van der Waals surface area (Å²) in [5.74, 6) is 0.310. The average Bonchev–Trinajstić information content (AvgIpc) is 2.77. The minimum absolute atomic E-state index is 0.122. The maximum Gasteiger partial charge on any atom is 0.237 e. The SMILES string of the molecule is CS(=O)CC[C@H](N)C(=O)NC1CC2CCC1(CS(N)(=O)=O)C2(C)C. The van der Waals surface area contributed by atoms with Gasteiger partial charge in [-0.05, 0) is 37.0 Å². The van der Waals surface area contributed by atoms with Gasteiger partial charge >= 0.3 is 0 Å². The van der Waals surface area contributed by atoms with Gasteiger partial charge < -0.3 is 11.1 Å². The standard InChI is InChI=1S/C15H29N3O4S2/c1-14(2)10-4-6-15(14,9-24(17,21)22)12(8-10)18-13(19)11(16)5-7-23(3)20/h10-12H,4-9,16H2,1-3H3,(H,18,19)(H2,17,21,22)/t10?,11-,12?,15?,23?/m0/s1. The van der Waals surface area contributed by atoms with E-state index in [-0.39, 0.29) is 23.1 Å². The molecule has 5 N–H and O–H groups in total. The summed E-state index contributed by atoms with van der Waals surface area (Å²) in [5.41, 5.74) is 5.14. The summed E-state index contributed by atoms with van der Waals surface area (Å²) in [4.78, 5) is 12.4. The Kier molecular flexibility index (Phi) is 5.50. The highest BCUT2D eigenvalue weighted by molar-refractivity contribution is 7.89. The van der Waals surface area contributed by atoms with Crippen LogP contribution in [0.1, 0.15) is 39.5 Å². The molecule has 140 valence electrons. The molecule has 0 spiro atoms. The molecule has 2 fully saturated rings. The van der Waals surface area contributed by atoms with Crippen molar-refractivity contribution in [2.24, 2.45) is 27.6 Å². The van der Waals surface area contributed by atoms with Crippen LogP contribution in [0.25, 0.3) is 0 Å². The fourth-order valence-corrected chi connectivity index (χ4v) is 6.71. The molecule has 0 radical (unpaired) electrons. The van der Waals surface area contributed by atoms with Crippen molar-refractivity contribution in [3.8, 4) is 0 Å². The van der Waals surface area contributed by atoms with Gasteiger partial charge in [0.2, 0.25) is 15.9 Å². The third-order valence-electron chi connectivity index (χ3n) is 6.26. The molecule has 0 heterocycles. The predicted octanol–water partition coefficient (Wildman–Crippen LogP) is -0.318. The van der Waals surface area contributed by atoms with Gasteiger partial charge in [-0.25, -0.2) is 13.6 Å². The van der Waals surface area contributed by atoms with E-state index in [1.807, 2.05) is 0 Å². The molecule has 0 aromatic rings. The summed E-state index contributed by atoms with van der Waals surface area (Å²) in [6.07, 6.45) is 4.36. The molecular formula is C15H29N3O4S2. The number of carbonyl (C=O) groups is 1. The van der Waals surface area contributed by atoms with Crippen LogP contribution in [0, 0.1) is 16.7 Å². The van der Waals surface area contributed by atoms with Crippen molar-refractivity contribution in [2.75, 3.05) is 17.8 Å². The summed E-state index contributed by atoms with van der Waals surface area (Å²) < 4.78 is 34.8. The van der Waals surface area contributed by atoms with Crippen molar-refractivity contribution in [1.82, 2.24) is 5.32 Å². The second-order valence-corrected chi connectivity index (χ2v) is 11.1. The number of carbonyl (C=O) groups excluding carboxylic acids is 1. The molecule has 2 saturated carbocycles. The first-order valence-electron chi connectivity index (χ1n) is 8.25. The molecule has 4 unspecified atom stereocenters. The van der Waals surface area contributed by atoms with Crippen LogP contribution in [0.5, 0.6) is 0 Å². The molecule has 7 nitrogen and oxygen atoms in total. The monoisotopic (exact) mass is 379 g/mol. The fourth-order valence-electron chi connectivity index (χ4n) is 4.68. The zero-order chi connectivity index (χ0) is 18.3. The highest BCUT2D eigenvalue weighted by Gasteiger charge is 2.65. The Hall–Kier alpha value is -0.510. The van der Waals surface area contributed by atoms with Crippen molar-refractivity contribution >= 4 is 26.7 Å². The number of rotatable bonds is 7. The number of primary sulfonamides is 1. The average molecular weight is 380 g/mol. The van der Waals surface area contributed by atoms with E-state index in [0.29, 0.717) is 18.1 Å². The lowest BCUT2D eigenvalue weighted by molar-refractivity contribution is -0.124. The Balaban J connectivity index is 2.15. The zero-order valence-corrected chi connectivity index (χ0v) is 16.2. The van der Waals surface area contributed by atoms with E-state index in [1.165, 1.54) is 0 Å². The van der Waals surface area contributed by atoms with Gasteiger partial charge in [0, 0.05) is 34.3 Å². The second kappa shape index (κ2) is 6.66. The maximum atomic E-state index is 12.4. The van der Waals surface area contributed by atoms with E-state index in [4.69, 9.17) is 10.9 Å². The third-order valence-corrected chi connectivity index (χ3v) is 7.99. The van der Waals surface area contributed by atoms with E-state index in [9.17, 15) is 17.4 Å². The van der Waals surface area contributed by atoms with E-state index in [1.54, 1.807) is 6.26 Å². The zero-order valence-electron chi connectivity index (χ0n) is 14.6. The summed E-state index contributed by atoms with van der Waals surface area (Å²) in [7, 11) is -4.65. The first-order valence-corrected chi connectivity index (χ1v) is 11.7. The number of amides is 1. The van der Waals surface area contributed by atoms with Crippen molar-refractivity contribution in [3.63, 3.8) is 0 Å². The summed E-state index contributed by atoms with van der Waals surface area (Å²) in [6, 6.07) is -0.974. The van der Waals surface area contributed by atoms with Crippen LogP contribution in [0.15, 0.2) is 0 Å². The number of nitrogens with two attached hydrogens (primary N) is 2. The molecule has 0 aliphatic heterocycles. The Morgan fingerprint density at radius 3 is 2.54 bits per heavy atom. The van der Waals surface area contributed by atoms with Crippen LogP contribution in [0.3, 0.4) is 0 Å². The topological polar surface area (TPSA) is 132 Å². The van der Waals surface area contributed by atoms with Crippen LogP contribution in [-0.2, 0) is 25.6 Å². The minimum Gasteiger partial charge on any atom is -0.351 e. The lowest BCUT2D eigenvalue weighted by atomic mass is 9.69. The molecule has 2 aliphatic rings. The van der Waals surface area contributed by atoms with Gasteiger partial charge in [-0.1, -0.05) is 13.8 Å². The third kappa shape index (κ3) is 3.68. The van der Waals surface area contributed by atoms with Crippen molar-refractivity contribution in [3.05, 3.63) is 0 Å². The van der Waals surface area contributed by atoms with Gasteiger partial charge in [-0.3, -0.25) is 9.00 Å². The van der Waals surface area contributed by atoms with Gasteiger partial charge in [-0.15, -0.1) is 0 Å². The normalized spacial score (nSPS) is 34.0.